The smallest absolute Gasteiger partial charge is 0.258 e. The highest BCUT2D eigenvalue weighted by atomic mass is 19.1. The van der Waals surface area contributed by atoms with Crippen LogP contribution in [0.4, 0.5) is 10.1 Å². The number of amides is 1. The molecule has 1 heterocycles. The van der Waals surface area contributed by atoms with Gasteiger partial charge in [0.1, 0.15) is 23.3 Å². The molecule has 0 fully saturated rings. The Bertz CT molecular complexity index is 1560. The summed E-state index contributed by atoms with van der Waals surface area (Å²) in [4.78, 5) is 28.2. The number of carbonyl (C=O) groups is 2. The van der Waals surface area contributed by atoms with E-state index in [1.807, 2.05) is 48.6 Å². The van der Waals surface area contributed by atoms with Gasteiger partial charge in [0, 0.05) is 27.9 Å². The van der Waals surface area contributed by atoms with Gasteiger partial charge in [-0.1, -0.05) is 60.7 Å². The van der Waals surface area contributed by atoms with Crippen molar-refractivity contribution in [3.05, 3.63) is 131 Å². The number of aliphatic hydroxyl groups excluding tert-OH is 1. The highest BCUT2D eigenvalue weighted by Gasteiger charge is 2.48. The molecule has 0 saturated heterocycles. The molecule has 202 valence electrons. The second-order valence-electron chi connectivity index (χ2n) is 10.4. The fraction of sp³-hybridized carbons (Fsp3) is 0.176. The average molecular weight is 536 g/mol. The average Bonchev–Trinajstić information content (AvgIpc) is 2.95. The lowest BCUT2D eigenvalue weighted by Crippen LogP contribution is -2.55. The largest absolute Gasteiger partial charge is 0.484 e. The number of fused-ring (bicyclic) bond motifs is 1. The van der Waals surface area contributed by atoms with Crippen molar-refractivity contribution < 1.29 is 23.8 Å². The van der Waals surface area contributed by atoms with Gasteiger partial charge in [0.2, 0.25) is 0 Å². The van der Waals surface area contributed by atoms with Crippen LogP contribution in [0.5, 0.6) is 5.75 Å². The van der Waals surface area contributed by atoms with E-state index in [1.54, 1.807) is 50.2 Å². The van der Waals surface area contributed by atoms with Crippen LogP contribution in [-0.2, 0) is 0 Å². The van der Waals surface area contributed by atoms with Crippen LogP contribution >= 0.6 is 0 Å². The lowest BCUT2D eigenvalue weighted by molar-refractivity contribution is -0.0578. The third kappa shape index (κ3) is 5.31. The van der Waals surface area contributed by atoms with E-state index >= 15 is 0 Å². The molecule has 1 aliphatic heterocycles. The molecule has 1 N–H and O–H groups in total. The Morgan fingerprint density at radius 1 is 0.875 bits per heavy atom. The Hall–Kier alpha value is -4.55. The Labute approximate surface area is 233 Å². The van der Waals surface area contributed by atoms with Crippen LogP contribution in [0.25, 0.3) is 12.2 Å². The van der Waals surface area contributed by atoms with Gasteiger partial charge < -0.3 is 9.84 Å². The predicted molar refractivity (Wildman–Crippen MR) is 155 cm³/mol. The standard InChI is InChI=1S/C34H30FNO4/c1-22(37)26-20-25(15-14-23-10-6-4-7-11-23)31-29(21-26)30(32(38)34(2,3)40-31)36(28-18-16-27(35)17-19-28)33(39)24-12-8-5-9-13-24/h4-21,30,32,38H,1-3H3/b15-14+. The van der Waals surface area contributed by atoms with E-state index in [4.69, 9.17) is 4.74 Å². The summed E-state index contributed by atoms with van der Waals surface area (Å²) in [7, 11) is 0. The first-order chi connectivity index (χ1) is 19.2. The maximum absolute atomic E-state index is 14.1. The number of benzene rings is 4. The SMILES string of the molecule is CC(=O)c1cc(/C=C/c2ccccc2)c2c(c1)C(N(C(=O)c1ccccc1)c1ccc(F)cc1)C(O)C(C)(C)O2. The lowest BCUT2D eigenvalue weighted by atomic mass is 9.82. The van der Waals surface area contributed by atoms with Crippen LogP contribution in [0.3, 0.4) is 0 Å². The van der Waals surface area contributed by atoms with Crippen molar-refractivity contribution in [3.63, 3.8) is 0 Å². The summed E-state index contributed by atoms with van der Waals surface area (Å²) >= 11 is 0. The Morgan fingerprint density at radius 3 is 2.12 bits per heavy atom. The maximum Gasteiger partial charge on any atom is 0.258 e. The molecule has 5 rings (SSSR count). The van der Waals surface area contributed by atoms with Crippen molar-refractivity contribution >= 4 is 29.5 Å². The first-order valence-corrected chi connectivity index (χ1v) is 13.1. The topological polar surface area (TPSA) is 66.8 Å². The van der Waals surface area contributed by atoms with E-state index in [0.717, 1.165) is 5.56 Å². The number of rotatable bonds is 6. The molecule has 0 aliphatic carbocycles. The third-order valence-corrected chi connectivity index (χ3v) is 7.13. The van der Waals surface area contributed by atoms with Gasteiger partial charge in [-0.25, -0.2) is 4.39 Å². The molecule has 6 heteroatoms. The van der Waals surface area contributed by atoms with Crippen molar-refractivity contribution in [1.29, 1.82) is 0 Å². The minimum atomic E-state index is -1.19. The molecule has 40 heavy (non-hydrogen) atoms. The van der Waals surface area contributed by atoms with Crippen LogP contribution in [0, 0.1) is 5.82 Å². The normalized spacial score (nSPS) is 17.6. The molecule has 0 radical (unpaired) electrons. The van der Waals surface area contributed by atoms with Crippen molar-refractivity contribution in [3.8, 4) is 5.75 Å². The zero-order valence-electron chi connectivity index (χ0n) is 22.5. The Kier molecular flexibility index (Phi) is 7.37. The second-order valence-corrected chi connectivity index (χ2v) is 10.4. The Morgan fingerprint density at radius 2 is 1.50 bits per heavy atom. The number of Topliss-reactive ketones (excluding diaryl/α,β-unsaturated/α-hetero) is 1. The Balaban J connectivity index is 1.75. The zero-order chi connectivity index (χ0) is 28.4. The number of carbonyl (C=O) groups excluding carboxylic acids is 2. The first-order valence-electron chi connectivity index (χ1n) is 13.1. The minimum Gasteiger partial charge on any atom is -0.484 e. The molecule has 2 unspecified atom stereocenters. The summed E-state index contributed by atoms with van der Waals surface area (Å²) in [5.74, 6) is -0.533. The highest BCUT2D eigenvalue weighted by molar-refractivity contribution is 6.07. The van der Waals surface area contributed by atoms with Gasteiger partial charge in [0.25, 0.3) is 5.91 Å². The van der Waals surface area contributed by atoms with Crippen molar-refractivity contribution in [2.45, 2.75) is 38.5 Å². The fourth-order valence-corrected chi connectivity index (χ4v) is 4.97. The zero-order valence-corrected chi connectivity index (χ0v) is 22.5. The molecule has 4 aromatic carbocycles. The fourth-order valence-electron chi connectivity index (χ4n) is 4.97. The molecule has 1 amide bonds. The summed E-state index contributed by atoms with van der Waals surface area (Å²) < 4.78 is 20.4. The first kappa shape index (κ1) is 27.0. The molecular formula is C34H30FNO4. The molecular weight excluding hydrogens is 505 g/mol. The van der Waals surface area contributed by atoms with Crippen molar-refractivity contribution in [2.24, 2.45) is 0 Å². The van der Waals surface area contributed by atoms with Crippen LogP contribution in [-0.4, -0.2) is 28.5 Å². The molecule has 0 aromatic heterocycles. The summed E-state index contributed by atoms with van der Waals surface area (Å²) in [6.45, 7) is 4.98. The van der Waals surface area contributed by atoms with Gasteiger partial charge >= 0.3 is 0 Å². The molecule has 1 aliphatic rings. The van der Waals surface area contributed by atoms with Crippen LogP contribution in [0.15, 0.2) is 97.1 Å². The minimum absolute atomic E-state index is 0.169. The summed E-state index contributed by atoms with van der Waals surface area (Å²) in [6, 6.07) is 26.5. The van der Waals surface area contributed by atoms with Gasteiger partial charge in [0.15, 0.2) is 5.78 Å². The van der Waals surface area contributed by atoms with Gasteiger partial charge in [0.05, 0.1) is 6.04 Å². The van der Waals surface area contributed by atoms with Crippen LogP contribution < -0.4 is 9.64 Å². The van der Waals surface area contributed by atoms with E-state index in [0.29, 0.717) is 33.7 Å². The van der Waals surface area contributed by atoms with E-state index in [9.17, 15) is 19.1 Å². The van der Waals surface area contributed by atoms with Crippen molar-refractivity contribution in [1.82, 2.24) is 0 Å². The van der Waals surface area contributed by atoms with Gasteiger partial charge in [-0.15, -0.1) is 0 Å². The number of aliphatic hydroxyl groups is 1. The van der Waals surface area contributed by atoms with Gasteiger partial charge in [-0.2, -0.15) is 0 Å². The highest BCUT2D eigenvalue weighted by Crippen LogP contribution is 2.47. The molecule has 5 nitrogen and oxygen atoms in total. The summed E-state index contributed by atoms with van der Waals surface area (Å²) in [5.41, 5.74) is 2.19. The monoisotopic (exact) mass is 535 g/mol. The second kappa shape index (κ2) is 10.9. The summed E-state index contributed by atoms with van der Waals surface area (Å²) in [5, 5.41) is 11.8. The number of ether oxygens (including phenoxy) is 1. The predicted octanol–water partition coefficient (Wildman–Crippen LogP) is 7.12. The summed E-state index contributed by atoms with van der Waals surface area (Å²) in [6.07, 6.45) is 2.60. The molecule has 0 spiro atoms. The molecule has 4 aromatic rings. The quantitative estimate of drug-likeness (QED) is 0.211. The van der Waals surface area contributed by atoms with Crippen LogP contribution in [0.2, 0.25) is 0 Å². The van der Waals surface area contributed by atoms with E-state index in [-0.39, 0.29) is 11.7 Å². The maximum atomic E-state index is 14.1. The van der Waals surface area contributed by atoms with E-state index < -0.39 is 23.6 Å². The van der Waals surface area contributed by atoms with Crippen LogP contribution in [0.1, 0.15) is 64.2 Å². The van der Waals surface area contributed by atoms with Crippen molar-refractivity contribution in [2.75, 3.05) is 4.90 Å². The number of hydrogen-bond acceptors (Lipinski definition) is 4. The number of anilines is 1. The van der Waals surface area contributed by atoms with E-state index in [2.05, 4.69) is 0 Å². The number of hydrogen-bond donors (Lipinski definition) is 1. The molecule has 0 saturated carbocycles. The number of nitrogens with zero attached hydrogens (tertiary/aromatic N) is 1. The van der Waals surface area contributed by atoms with Gasteiger partial charge in [-0.05, 0) is 74.9 Å². The number of ketones is 1. The van der Waals surface area contributed by atoms with E-state index in [1.165, 1.54) is 36.1 Å². The molecule has 0 bridgehead atoms. The van der Waals surface area contributed by atoms with Gasteiger partial charge in [-0.3, -0.25) is 14.5 Å². The third-order valence-electron chi connectivity index (χ3n) is 7.13. The lowest BCUT2D eigenvalue weighted by Gasteiger charge is -2.47. The number of halogens is 1. The molecule has 2 atom stereocenters.